The number of benzene rings is 2. The summed E-state index contributed by atoms with van der Waals surface area (Å²) in [5.74, 6) is 5.54. The van der Waals surface area contributed by atoms with Crippen molar-refractivity contribution in [1.82, 2.24) is 10.2 Å². The zero-order valence-electron chi connectivity index (χ0n) is 17.6. The second-order valence-corrected chi connectivity index (χ2v) is 8.45. The average Bonchev–Trinajstić information content (AvgIpc) is 3.10. The molecule has 31 heavy (non-hydrogen) atoms. The molecule has 2 aliphatic heterocycles. The van der Waals surface area contributed by atoms with Crippen molar-refractivity contribution in [3.8, 4) is 11.8 Å². The van der Waals surface area contributed by atoms with Crippen LogP contribution in [0.4, 0.5) is 4.39 Å². The van der Waals surface area contributed by atoms with Gasteiger partial charge in [-0.15, -0.1) is 0 Å². The number of hydrogen-bond donors (Lipinski definition) is 1. The van der Waals surface area contributed by atoms with Crippen LogP contribution in [-0.2, 0) is 9.59 Å². The third kappa shape index (κ3) is 4.86. The summed E-state index contributed by atoms with van der Waals surface area (Å²) < 4.78 is 13.3. The van der Waals surface area contributed by atoms with Crippen LogP contribution in [0.15, 0.2) is 54.6 Å². The molecule has 2 fully saturated rings. The fourth-order valence-corrected chi connectivity index (χ4v) is 4.80. The number of halogens is 1. The largest absolute Gasteiger partial charge is 0.355 e. The highest BCUT2D eigenvalue weighted by Gasteiger charge is 2.51. The Bertz CT molecular complexity index is 984. The number of amides is 1. The van der Waals surface area contributed by atoms with Crippen LogP contribution < -0.4 is 5.32 Å². The van der Waals surface area contributed by atoms with Gasteiger partial charge in [-0.05, 0) is 74.6 Å². The van der Waals surface area contributed by atoms with E-state index in [1.54, 1.807) is 12.1 Å². The predicted molar refractivity (Wildman–Crippen MR) is 118 cm³/mol. The molecule has 0 bridgehead atoms. The highest BCUT2D eigenvalue weighted by Crippen LogP contribution is 2.47. The molecule has 0 saturated carbocycles. The first-order chi connectivity index (χ1) is 15.1. The predicted octanol–water partition coefficient (Wildman–Crippen LogP) is 3.52. The second-order valence-electron chi connectivity index (χ2n) is 8.45. The molecule has 2 aromatic carbocycles. The summed E-state index contributed by atoms with van der Waals surface area (Å²) >= 11 is 0. The Morgan fingerprint density at radius 1 is 1.10 bits per heavy atom. The maximum atomic E-state index is 13.3. The van der Waals surface area contributed by atoms with E-state index < -0.39 is 5.41 Å². The Labute approximate surface area is 182 Å². The number of nitrogens with zero attached hydrogens (tertiary/aromatic N) is 1. The van der Waals surface area contributed by atoms with Crippen LogP contribution >= 0.6 is 0 Å². The SMILES string of the molecule is O=C(C#Cc1ccccc1)CCCN1CCC2(CC1)C(=O)NC[C@@H]2c1ccc(F)cc1. The van der Waals surface area contributed by atoms with Crippen molar-refractivity contribution in [3.63, 3.8) is 0 Å². The Balaban J connectivity index is 1.28. The Hall–Kier alpha value is -2.97. The fraction of sp³-hybridized carbons (Fsp3) is 0.385. The fourth-order valence-electron chi connectivity index (χ4n) is 4.80. The molecule has 2 aliphatic rings. The molecule has 0 aromatic heterocycles. The van der Waals surface area contributed by atoms with E-state index in [1.807, 2.05) is 30.3 Å². The zero-order chi connectivity index (χ0) is 21.7. The van der Waals surface area contributed by atoms with E-state index >= 15 is 0 Å². The monoisotopic (exact) mass is 418 g/mol. The highest BCUT2D eigenvalue weighted by molar-refractivity contribution is 5.95. The number of carbonyl (C=O) groups excluding carboxylic acids is 2. The van der Waals surface area contributed by atoms with Crippen molar-refractivity contribution in [2.45, 2.75) is 31.6 Å². The number of Topliss-reactive ketones (excluding diaryl/α,β-unsaturated/α-hetero) is 1. The molecule has 0 radical (unpaired) electrons. The first-order valence-corrected chi connectivity index (χ1v) is 10.9. The zero-order valence-corrected chi connectivity index (χ0v) is 17.6. The molecule has 4 nitrogen and oxygen atoms in total. The van der Waals surface area contributed by atoms with Crippen molar-refractivity contribution in [1.29, 1.82) is 0 Å². The molecule has 2 saturated heterocycles. The maximum absolute atomic E-state index is 13.3. The average molecular weight is 419 g/mol. The minimum absolute atomic E-state index is 0.0381. The molecule has 1 spiro atoms. The number of likely N-dealkylation sites (tertiary alicyclic amines) is 1. The van der Waals surface area contributed by atoms with E-state index in [-0.39, 0.29) is 23.4 Å². The minimum atomic E-state index is -0.411. The van der Waals surface area contributed by atoms with Gasteiger partial charge in [0.25, 0.3) is 0 Å². The van der Waals surface area contributed by atoms with E-state index in [0.29, 0.717) is 13.0 Å². The Kier molecular flexibility index (Phi) is 6.48. The van der Waals surface area contributed by atoms with Crippen LogP contribution in [0.1, 0.15) is 42.7 Å². The molecule has 2 heterocycles. The van der Waals surface area contributed by atoms with Gasteiger partial charge in [-0.1, -0.05) is 36.3 Å². The standard InChI is InChI=1S/C26H27FN2O2/c27-22-11-9-21(10-12-22)24-19-28-25(31)26(24)14-17-29(18-15-26)16-4-7-23(30)13-8-20-5-2-1-3-6-20/h1-3,5-6,9-12,24H,4,7,14-19H2,(H,28,31)/t24-/m1/s1. The Morgan fingerprint density at radius 2 is 1.81 bits per heavy atom. The lowest BCUT2D eigenvalue weighted by Gasteiger charge is -2.41. The number of piperidine rings is 1. The third-order valence-corrected chi connectivity index (χ3v) is 6.60. The van der Waals surface area contributed by atoms with E-state index in [1.165, 1.54) is 12.1 Å². The molecular formula is C26H27FN2O2. The number of hydrogen-bond acceptors (Lipinski definition) is 3. The number of nitrogens with one attached hydrogen (secondary N) is 1. The second kappa shape index (κ2) is 9.45. The normalized spacial score (nSPS) is 20.2. The van der Waals surface area contributed by atoms with Crippen molar-refractivity contribution < 1.29 is 14.0 Å². The van der Waals surface area contributed by atoms with Crippen LogP contribution in [-0.4, -0.2) is 42.8 Å². The minimum Gasteiger partial charge on any atom is -0.355 e. The van der Waals surface area contributed by atoms with Crippen LogP contribution in [0.25, 0.3) is 0 Å². The number of rotatable bonds is 5. The van der Waals surface area contributed by atoms with Gasteiger partial charge in [0, 0.05) is 24.4 Å². The summed E-state index contributed by atoms with van der Waals surface area (Å²) in [6.07, 6.45) is 2.77. The highest BCUT2D eigenvalue weighted by atomic mass is 19.1. The summed E-state index contributed by atoms with van der Waals surface area (Å²) in [4.78, 5) is 27.1. The molecule has 4 rings (SSSR count). The topological polar surface area (TPSA) is 49.4 Å². The molecule has 160 valence electrons. The van der Waals surface area contributed by atoms with Gasteiger partial charge >= 0.3 is 0 Å². The lowest BCUT2D eigenvalue weighted by molar-refractivity contribution is -0.130. The van der Waals surface area contributed by atoms with E-state index in [9.17, 15) is 14.0 Å². The molecule has 2 aromatic rings. The molecule has 0 aliphatic carbocycles. The molecule has 0 unspecified atom stereocenters. The summed E-state index contributed by atoms with van der Waals surface area (Å²) in [5.41, 5.74) is 1.46. The lowest BCUT2D eigenvalue weighted by Crippen LogP contribution is -2.46. The number of ketones is 1. The smallest absolute Gasteiger partial charge is 0.227 e. The van der Waals surface area contributed by atoms with Gasteiger partial charge in [-0.2, -0.15) is 0 Å². The molecule has 1 amide bonds. The van der Waals surface area contributed by atoms with E-state index in [2.05, 4.69) is 22.1 Å². The first-order valence-electron chi connectivity index (χ1n) is 10.9. The summed E-state index contributed by atoms with van der Waals surface area (Å²) in [5, 5.41) is 3.03. The number of carbonyl (C=O) groups is 2. The van der Waals surface area contributed by atoms with Gasteiger partial charge in [0.05, 0.1) is 5.41 Å². The van der Waals surface area contributed by atoms with Gasteiger partial charge < -0.3 is 10.2 Å². The molecule has 1 atom stereocenters. The summed E-state index contributed by atoms with van der Waals surface area (Å²) in [6.45, 7) is 3.10. The lowest BCUT2D eigenvalue weighted by atomic mass is 9.68. The van der Waals surface area contributed by atoms with Gasteiger partial charge in [-0.25, -0.2) is 4.39 Å². The quantitative estimate of drug-likeness (QED) is 0.756. The van der Waals surface area contributed by atoms with Crippen molar-refractivity contribution in [3.05, 3.63) is 71.5 Å². The van der Waals surface area contributed by atoms with Crippen molar-refractivity contribution in [2.24, 2.45) is 5.41 Å². The van der Waals surface area contributed by atoms with Crippen molar-refractivity contribution >= 4 is 11.7 Å². The van der Waals surface area contributed by atoms with Crippen molar-refractivity contribution in [2.75, 3.05) is 26.2 Å². The van der Waals surface area contributed by atoms with Gasteiger partial charge in [-0.3, -0.25) is 9.59 Å². The summed E-state index contributed by atoms with van der Waals surface area (Å²) in [7, 11) is 0. The van der Waals surface area contributed by atoms with Gasteiger partial charge in [0.1, 0.15) is 5.82 Å². The van der Waals surface area contributed by atoms with Crippen LogP contribution in [0.3, 0.4) is 0 Å². The van der Waals surface area contributed by atoms with E-state index in [4.69, 9.17) is 0 Å². The summed E-state index contributed by atoms with van der Waals surface area (Å²) in [6, 6.07) is 16.1. The third-order valence-electron chi connectivity index (χ3n) is 6.60. The van der Waals surface area contributed by atoms with Gasteiger partial charge in [0.2, 0.25) is 11.7 Å². The van der Waals surface area contributed by atoms with Gasteiger partial charge in [0.15, 0.2) is 0 Å². The molecule has 1 N–H and O–H groups in total. The molecule has 5 heteroatoms. The van der Waals surface area contributed by atoms with Crippen LogP contribution in [0.5, 0.6) is 0 Å². The molecular weight excluding hydrogens is 391 g/mol. The Morgan fingerprint density at radius 3 is 2.52 bits per heavy atom. The maximum Gasteiger partial charge on any atom is 0.227 e. The van der Waals surface area contributed by atoms with E-state index in [0.717, 1.165) is 50.0 Å². The first kappa shape index (κ1) is 21.3. The van der Waals surface area contributed by atoms with Crippen LogP contribution in [0.2, 0.25) is 0 Å². The van der Waals surface area contributed by atoms with Crippen LogP contribution in [0, 0.1) is 23.1 Å².